The molecule has 2 saturated heterocycles. The number of epoxide rings is 1. The van der Waals surface area contributed by atoms with Gasteiger partial charge in [-0.15, -0.1) is 0 Å². The summed E-state index contributed by atoms with van der Waals surface area (Å²) in [4.78, 5) is 12.0. The number of ether oxygens (including phenoxy) is 3. The van der Waals surface area contributed by atoms with E-state index in [1.807, 2.05) is 13.0 Å². The van der Waals surface area contributed by atoms with Gasteiger partial charge in [0.1, 0.15) is 0 Å². The molecule has 31 heavy (non-hydrogen) atoms. The van der Waals surface area contributed by atoms with E-state index in [1.165, 1.54) is 51.4 Å². The van der Waals surface area contributed by atoms with E-state index in [9.17, 15) is 4.79 Å². The minimum absolute atomic E-state index is 0.0560. The maximum atomic E-state index is 12.0. The third kappa shape index (κ3) is 6.00. The minimum Gasteiger partial charge on any atom is -0.351 e. The number of hydrogen-bond donors (Lipinski definition) is 0. The highest BCUT2D eigenvalue weighted by atomic mass is 16.8. The van der Waals surface area contributed by atoms with E-state index in [-0.39, 0.29) is 18.0 Å². The molecular weight excluding hydrogens is 388 g/mol. The Morgan fingerprint density at radius 1 is 1.00 bits per heavy atom. The monoisotopic (exact) mass is 434 g/mol. The van der Waals surface area contributed by atoms with Crippen LogP contribution in [0.3, 0.4) is 0 Å². The molecule has 0 aromatic carbocycles. The second-order valence-corrected chi connectivity index (χ2v) is 10.9. The molecule has 1 aliphatic carbocycles. The molecule has 0 saturated carbocycles. The molecular formula is C27H46O4. The van der Waals surface area contributed by atoms with E-state index in [1.54, 1.807) is 6.08 Å². The summed E-state index contributed by atoms with van der Waals surface area (Å²) in [6.45, 7) is 12.0. The molecule has 3 rings (SSSR count). The van der Waals surface area contributed by atoms with E-state index in [4.69, 9.17) is 14.2 Å². The average molecular weight is 435 g/mol. The summed E-state index contributed by atoms with van der Waals surface area (Å²) in [5, 5.41) is 0. The third-order valence-corrected chi connectivity index (χ3v) is 7.64. The Morgan fingerprint density at radius 2 is 1.65 bits per heavy atom. The van der Waals surface area contributed by atoms with Gasteiger partial charge in [0.25, 0.3) is 0 Å². The molecule has 0 aromatic heterocycles. The van der Waals surface area contributed by atoms with Gasteiger partial charge < -0.3 is 14.2 Å². The number of carbonyl (C=O) groups is 1. The highest BCUT2D eigenvalue weighted by molar-refractivity contribution is 5.98. The van der Waals surface area contributed by atoms with Gasteiger partial charge in [-0.3, -0.25) is 4.79 Å². The lowest BCUT2D eigenvalue weighted by molar-refractivity contribution is -0.282. The zero-order valence-corrected chi connectivity index (χ0v) is 20.7. The molecule has 2 heterocycles. The third-order valence-electron chi connectivity index (χ3n) is 7.64. The molecule has 4 heteroatoms. The van der Waals surface area contributed by atoms with Gasteiger partial charge in [0, 0.05) is 6.61 Å². The lowest BCUT2D eigenvalue weighted by Crippen LogP contribution is -2.57. The van der Waals surface area contributed by atoms with Crippen molar-refractivity contribution < 1.29 is 19.0 Å². The highest BCUT2D eigenvalue weighted by Crippen LogP contribution is 2.58. The predicted molar refractivity (Wildman–Crippen MR) is 125 cm³/mol. The fourth-order valence-electron chi connectivity index (χ4n) is 5.63. The fraction of sp³-hybridized carbons (Fsp3) is 0.889. The van der Waals surface area contributed by atoms with Gasteiger partial charge in [0.15, 0.2) is 17.5 Å². The number of hydrogen-bond acceptors (Lipinski definition) is 4. The van der Waals surface area contributed by atoms with Crippen molar-refractivity contribution in [3.8, 4) is 0 Å². The zero-order valence-electron chi connectivity index (χ0n) is 20.7. The standard InChI is InChI=1S/C27H46O4/c1-6-29-27-19-17-24(28)25-26(27,31-25)18-16-23(30-27)15-9-14-22(5)13-8-12-21(4)11-7-10-20(2)3/h17,19-23,25H,6-16,18H2,1-5H3/t21-,22-,23-,25+,26+,27+/m1/s1. The van der Waals surface area contributed by atoms with Gasteiger partial charge in [-0.25, -0.2) is 0 Å². The largest absolute Gasteiger partial charge is 0.351 e. The van der Waals surface area contributed by atoms with Gasteiger partial charge in [-0.05, 0) is 56.1 Å². The highest BCUT2D eigenvalue weighted by Gasteiger charge is 2.75. The van der Waals surface area contributed by atoms with Crippen LogP contribution in [0.25, 0.3) is 0 Å². The number of ketones is 1. The van der Waals surface area contributed by atoms with Gasteiger partial charge in [-0.1, -0.05) is 79.1 Å². The van der Waals surface area contributed by atoms with Crippen LogP contribution >= 0.6 is 0 Å². The van der Waals surface area contributed by atoms with E-state index in [2.05, 4.69) is 27.7 Å². The molecule has 0 aromatic rings. The first kappa shape index (κ1) is 24.9. The topological polar surface area (TPSA) is 48.1 Å². The SMILES string of the molecule is CCO[C@]12C=CC(=O)[C@@H]3O[C@@]31CC[C@@H](CCC[C@H](C)CCC[C@H](C)CCCC(C)C)O2. The van der Waals surface area contributed by atoms with Crippen molar-refractivity contribution in [2.24, 2.45) is 17.8 Å². The van der Waals surface area contributed by atoms with E-state index in [0.717, 1.165) is 37.0 Å². The Morgan fingerprint density at radius 3 is 2.29 bits per heavy atom. The fourth-order valence-corrected chi connectivity index (χ4v) is 5.63. The molecule has 4 nitrogen and oxygen atoms in total. The quantitative estimate of drug-likeness (QED) is 0.288. The van der Waals surface area contributed by atoms with Crippen molar-refractivity contribution in [1.82, 2.24) is 0 Å². The Balaban J connectivity index is 1.34. The Labute approximate surface area is 190 Å². The molecule has 2 aliphatic heterocycles. The van der Waals surface area contributed by atoms with Crippen LogP contribution in [-0.2, 0) is 19.0 Å². The summed E-state index contributed by atoms with van der Waals surface area (Å²) >= 11 is 0. The Bertz CT molecular complexity index is 614. The molecule has 3 aliphatic rings. The van der Waals surface area contributed by atoms with Crippen LogP contribution < -0.4 is 0 Å². The van der Waals surface area contributed by atoms with Gasteiger partial charge >= 0.3 is 0 Å². The first-order valence-corrected chi connectivity index (χ1v) is 13.0. The maximum absolute atomic E-state index is 12.0. The second-order valence-electron chi connectivity index (χ2n) is 10.9. The second kappa shape index (κ2) is 10.9. The van der Waals surface area contributed by atoms with Crippen LogP contribution in [-0.4, -0.2) is 36.0 Å². The van der Waals surface area contributed by atoms with Crippen molar-refractivity contribution in [2.75, 3.05) is 6.61 Å². The number of carbonyl (C=O) groups excluding carboxylic acids is 1. The van der Waals surface area contributed by atoms with Crippen molar-refractivity contribution in [1.29, 1.82) is 0 Å². The average Bonchev–Trinajstić information content (AvgIpc) is 3.46. The molecule has 178 valence electrons. The molecule has 0 N–H and O–H groups in total. The van der Waals surface area contributed by atoms with E-state index < -0.39 is 11.4 Å². The molecule has 6 atom stereocenters. The summed E-state index contributed by atoms with van der Waals surface area (Å²) in [6, 6.07) is 0. The van der Waals surface area contributed by atoms with Crippen molar-refractivity contribution in [3.05, 3.63) is 12.2 Å². The van der Waals surface area contributed by atoms with Crippen LogP contribution in [0.2, 0.25) is 0 Å². The lowest BCUT2D eigenvalue weighted by Gasteiger charge is -2.44. The van der Waals surface area contributed by atoms with Crippen molar-refractivity contribution in [3.63, 3.8) is 0 Å². The predicted octanol–water partition coefficient (Wildman–Crippen LogP) is 6.61. The smallest absolute Gasteiger partial charge is 0.221 e. The summed E-state index contributed by atoms with van der Waals surface area (Å²) in [6.07, 6.45) is 16.8. The molecule has 2 fully saturated rings. The lowest BCUT2D eigenvalue weighted by atomic mass is 9.80. The van der Waals surface area contributed by atoms with E-state index in [0.29, 0.717) is 6.61 Å². The summed E-state index contributed by atoms with van der Waals surface area (Å²) in [5.74, 6) is 1.68. The van der Waals surface area contributed by atoms with Gasteiger partial charge in [0.05, 0.1) is 6.10 Å². The van der Waals surface area contributed by atoms with Crippen LogP contribution in [0, 0.1) is 17.8 Å². The Hall–Kier alpha value is -0.710. The normalized spacial score (nSPS) is 33.8. The van der Waals surface area contributed by atoms with Crippen LogP contribution in [0.4, 0.5) is 0 Å². The van der Waals surface area contributed by atoms with Crippen molar-refractivity contribution >= 4 is 5.78 Å². The van der Waals surface area contributed by atoms with Crippen molar-refractivity contribution in [2.45, 2.75) is 129 Å². The van der Waals surface area contributed by atoms with Crippen LogP contribution in [0.1, 0.15) is 105 Å². The zero-order chi connectivity index (χ0) is 22.5. The molecule has 0 radical (unpaired) electrons. The van der Waals surface area contributed by atoms with E-state index >= 15 is 0 Å². The maximum Gasteiger partial charge on any atom is 0.221 e. The number of rotatable bonds is 14. The molecule has 0 unspecified atom stereocenters. The first-order chi connectivity index (χ1) is 14.8. The summed E-state index contributed by atoms with van der Waals surface area (Å²) in [5.41, 5.74) is -0.565. The molecule has 1 spiro atoms. The van der Waals surface area contributed by atoms with Gasteiger partial charge in [0.2, 0.25) is 5.79 Å². The van der Waals surface area contributed by atoms with Crippen LogP contribution in [0.15, 0.2) is 12.2 Å². The summed E-state index contributed by atoms with van der Waals surface area (Å²) < 4.78 is 18.4. The molecule has 0 bridgehead atoms. The first-order valence-electron chi connectivity index (χ1n) is 13.0. The minimum atomic E-state index is -0.861. The summed E-state index contributed by atoms with van der Waals surface area (Å²) in [7, 11) is 0. The Kier molecular flexibility index (Phi) is 8.80. The van der Waals surface area contributed by atoms with Gasteiger partial charge in [-0.2, -0.15) is 0 Å². The van der Waals surface area contributed by atoms with Crippen LogP contribution in [0.5, 0.6) is 0 Å². The molecule has 0 amide bonds.